The lowest BCUT2D eigenvalue weighted by atomic mass is 10.2. The van der Waals surface area contributed by atoms with E-state index in [4.69, 9.17) is 4.74 Å². The fourth-order valence-corrected chi connectivity index (χ4v) is 4.80. The van der Waals surface area contributed by atoms with E-state index in [1.165, 1.54) is 11.3 Å². The summed E-state index contributed by atoms with van der Waals surface area (Å²) in [4.78, 5) is 17.6. The van der Waals surface area contributed by atoms with Crippen LogP contribution in [0.4, 0.5) is 0 Å². The van der Waals surface area contributed by atoms with Crippen molar-refractivity contribution in [2.75, 3.05) is 7.11 Å². The van der Waals surface area contributed by atoms with E-state index in [1.54, 1.807) is 7.11 Å². The fourth-order valence-electron chi connectivity index (χ4n) is 1.88. The van der Waals surface area contributed by atoms with Gasteiger partial charge in [-0.1, -0.05) is 6.07 Å². The van der Waals surface area contributed by atoms with Gasteiger partial charge < -0.3 is 4.74 Å². The van der Waals surface area contributed by atoms with Crippen molar-refractivity contribution in [3.05, 3.63) is 41.8 Å². The topological polar surface area (TPSA) is 39.2 Å². The van der Waals surface area contributed by atoms with Gasteiger partial charge in [-0.05, 0) is 59.9 Å². The van der Waals surface area contributed by atoms with Crippen molar-refractivity contribution in [3.8, 4) is 16.3 Å². The summed E-state index contributed by atoms with van der Waals surface area (Å²) in [5.74, 6) is 0.714. The second kappa shape index (κ2) is 5.36. The first-order chi connectivity index (χ1) is 9.54. The molecule has 1 aromatic carbocycles. The Labute approximate surface area is 143 Å². The third-order valence-corrected chi connectivity index (χ3v) is 7.06. The number of fused-ring (bicyclic) bond motifs is 2. The Bertz CT molecular complexity index is 862. The summed E-state index contributed by atoms with van der Waals surface area (Å²) in [6.07, 6.45) is 0. The molecule has 1 aliphatic heterocycles. The second-order valence-electron chi connectivity index (χ2n) is 3.97. The highest BCUT2D eigenvalue weighted by Gasteiger charge is 2.22. The number of para-hydroxylation sites is 1. The molecule has 0 saturated carbocycles. The minimum absolute atomic E-state index is 0.0929. The molecule has 1 heterocycles. The molecule has 7 heteroatoms. The molecule has 0 fully saturated rings. The van der Waals surface area contributed by atoms with Crippen LogP contribution in [-0.2, 0) is 0 Å². The number of nitrogens with zero attached hydrogens (tertiary/aromatic N) is 1. The minimum atomic E-state index is -0.0929. The van der Waals surface area contributed by atoms with Crippen molar-refractivity contribution in [1.29, 1.82) is 0 Å². The number of halogens is 3. The summed E-state index contributed by atoms with van der Waals surface area (Å²) in [5.41, 5.74) is 1.42. The Morgan fingerprint density at radius 1 is 1.15 bits per heavy atom. The van der Waals surface area contributed by atoms with Crippen molar-refractivity contribution in [3.63, 3.8) is 0 Å². The number of ether oxygens (including phenoxy) is 1. The van der Waals surface area contributed by atoms with Crippen LogP contribution in [-0.4, -0.2) is 12.1 Å². The number of benzene rings is 2. The van der Waals surface area contributed by atoms with Crippen molar-refractivity contribution in [2.24, 2.45) is 0 Å². The highest BCUT2D eigenvalue weighted by molar-refractivity contribution is 9.13. The summed E-state index contributed by atoms with van der Waals surface area (Å²) in [6, 6.07) is 5.74. The van der Waals surface area contributed by atoms with Crippen LogP contribution in [0.1, 0.15) is 0 Å². The normalized spacial score (nSPS) is 11.2. The highest BCUT2D eigenvalue weighted by Crippen LogP contribution is 2.42. The number of methoxy groups -OCH3 is 1. The first kappa shape index (κ1) is 14.4. The van der Waals surface area contributed by atoms with E-state index >= 15 is 0 Å². The van der Waals surface area contributed by atoms with E-state index in [2.05, 4.69) is 52.8 Å². The van der Waals surface area contributed by atoms with Gasteiger partial charge in [-0.25, -0.2) is 4.98 Å². The molecule has 3 nitrogen and oxygen atoms in total. The summed E-state index contributed by atoms with van der Waals surface area (Å²) in [5, 5.41) is 0. The third-order valence-electron chi connectivity index (χ3n) is 2.83. The van der Waals surface area contributed by atoms with E-state index < -0.39 is 0 Å². The fraction of sp³-hybridized carbons (Fsp3) is 0.0769. The highest BCUT2D eigenvalue weighted by atomic mass is 79.9. The van der Waals surface area contributed by atoms with Gasteiger partial charge in [-0.15, -0.1) is 11.3 Å². The number of rotatable bonds is 1. The van der Waals surface area contributed by atoms with Gasteiger partial charge in [0, 0.05) is 0 Å². The maximum atomic E-state index is 12.1. The van der Waals surface area contributed by atoms with Crippen molar-refractivity contribution >= 4 is 69.3 Å². The van der Waals surface area contributed by atoms with Crippen LogP contribution in [0.2, 0.25) is 0 Å². The Kier molecular flexibility index (Phi) is 3.87. The van der Waals surface area contributed by atoms with Gasteiger partial charge in [-0.3, -0.25) is 4.79 Å². The molecule has 102 valence electrons. The molecule has 0 atom stereocenters. The lowest BCUT2D eigenvalue weighted by Gasteiger charge is -2.12. The molecule has 0 amide bonds. The van der Waals surface area contributed by atoms with Crippen LogP contribution < -0.4 is 10.2 Å². The molecule has 0 unspecified atom stereocenters. The molecule has 0 aromatic heterocycles. The summed E-state index contributed by atoms with van der Waals surface area (Å²) < 4.78 is 7.95. The van der Waals surface area contributed by atoms with Gasteiger partial charge in [-0.2, -0.15) is 0 Å². The van der Waals surface area contributed by atoms with E-state index in [-0.39, 0.29) is 5.43 Å². The molecular formula is C13H6Br3NO2S. The van der Waals surface area contributed by atoms with Crippen LogP contribution in [0.15, 0.2) is 36.4 Å². The Hall–Kier alpha value is -0.500. The zero-order chi connectivity index (χ0) is 14.4. The number of aromatic nitrogens is 1. The lowest BCUT2D eigenvalue weighted by Crippen LogP contribution is -2.07. The SMILES string of the molecule is COc1cccc2sc3c(Br)c(=O)c(Br)c(Br)c-3nc12. The number of hydrogen-bond acceptors (Lipinski definition) is 4. The van der Waals surface area contributed by atoms with Gasteiger partial charge in [0.15, 0.2) is 0 Å². The van der Waals surface area contributed by atoms with Crippen LogP contribution in [0, 0.1) is 0 Å². The van der Waals surface area contributed by atoms with Crippen LogP contribution >= 0.6 is 59.1 Å². The molecule has 0 saturated heterocycles. The van der Waals surface area contributed by atoms with Gasteiger partial charge in [0.2, 0.25) is 5.43 Å². The van der Waals surface area contributed by atoms with Gasteiger partial charge in [0.05, 0.1) is 35.8 Å². The summed E-state index contributed by atoms with van der Waals surface area (Å²) >= 11 is 11.6. The van der Waals surface area contributed by atoms with E-state index in [0.717, 1.165) is 20.8 Å². The molecule has 0 bridgehead atoms. The maximum absolute atomic E-state index is 12.1. The van der Waals surface area contributed by atoms with Crippen molar-refractivity contribution in [2.45, 2.75) is 0 Å². The summed E-state index contributed by atoms with van der Waals surface area (Å²) in [6.45, 7) is 0. The zero-order valence-corrected chi connectivity index (χ0v) is 15.6. The Morgan fingerprint density at radius 3 is 2.60 bits per heavy atom. The second-order valence-corrected chi connectivity index (χ2v) is 7.40. The van der Waals surface area contributed by atoms with E-state index in [1.807, 2.05) is 18.2 Å². The predicted octanol–water partition coefficient (Wildman–Crippen LogP) is 5.06. The molecule has 0 N–H and O–H groups in total. The largest absolute Gasteiger partial charge is 0.494 e. The van der Waals surface area contributed by atoms with Crippen LogP contribution in [0.3, 0.4) is 0 Å². The zero-order valence-electron chi connectivity index (χ0n) is 10.0. The first-order valence-electron chi connectivity index (χ1n) is 5.48. The van der Waals surface area contributed by atoms with Crippen LogP contribution in [0.25, 0.3) is 20.8 Å². The number of hydrogen-bond donors (Lipinski definition) is 0. The standard InChI is InChI=1S/C13H6Br3NO2S/c1-19-5-3-2-4-6-10(5)17-11-7(14)8(15)12(18)9(16)13(11)20-6/h2-4H,1H3. The molecule has 20 heavy (non-hydrogen) atoms. The third kappa shape index (κ3) is 2.11. The van der Waals surface area contributed by atoms with Crippen molar-refractivity contribution in [1.82, 2.24) is 4.98 Å². The summed E-state index contributed by atoms with van der Waals surface area (Å²) in [7, 11) is 1.62. The molecule has 1 aromatic rings. The van der Waals surface area contributed by atoms with Gasteiger partial charge in [0.1, 0.15) is 11.3 Å². The molecule has 0 spiro atoms. The van der Waals surface area contributed by atoms with Gasteiger partial charge in [0.25, 0.3) is 0 Å². The smallest absolute Gasteiger partial charge is 0.209 e. The molecule has 2 aliphatic rings. The maximum Gasteiger partial charge on any atom is 0.209 e. The Morgan fingerprint density at radius 2 is 1.90 bits per heavy atom. The lowest BCUT2D eigenvalue weighted by molar-refractivity contribution is 0.419. The van der Waals surface area contributed by atoms with Crippen molar-refractivity contribution < 1.29 is 4.74 Å². The predicted molar refractivity (Wildman–Crippen MR) is 92.2 cm³/mol. The Balaban J connectivity index is 2.55. The van der Waals surface area contributed by atoms with E-state index in [9.17, 15) is 4.79 Å². The molecule has 3 rings (SSSR count). The first-order valence-corrected chi connectivity index (χ1v) is 8.68. The van der Waals surface area contributed by atoms with Gasteiger partial charge >= 0.3 is 0 Å². The quantitative estimate of drug-likeness (QED) is 0.362. The van der Waals surface area contributed by atoms with Crippen LogP contribution in [0.5, 0.6) is 5.75 Å². The molecule has 1 aliphatic carbocycles. The molecule has 0 radical (unpaired) electrons. The average molecular weight is 480 g/mol. The average Bonchev–Trinajstić information content (AvgIpc) is 2.48. The van der Waals surface area contributed by atoms with E-state index in [0.29, 0.717) is 19.2 Å². The monoisotopic (exact) mass is 477 g/mol. The minimum Gasteiger partial charge on any atom is -0.494 e. The molecular weight excluding hydrogens is 474 g/mol.